The minimum absolute atomic E-state index is 0.0492. The van der Waals surface area contributed by atoms with Crippen LogP contribution in [0.3, 0.4) is 0 Å². The summed E-state index contributed by atoms with van der Waals surface area (Å²) in [6.45, 7) is 6.73. The first-order valence-corrected chi connectivity index (χ1v) is 17.5. The van der Waals surface area contributed by atoms with Gasteiger partial charge in [-0.25, -0.2) is 12.8 Å². The molecule has 0 saturated carbocycles. The van der Waals surface area contributed by atoms with Gasteiger partial charge in [0.05, 0.1) is 17.2 Å². The van der Waals surface area contributed by atoms with E-state index in [1.165, 1.54) is 41.3 Å². The number of sulfonamides is 1. The van der Waals surface area contributed by atoms with Crippen LogP contribution in [-0.2, 0) is 32.6 Å². The number of anilines is 1. The Labute approximate surface area is 291 Å². The lowest BCUT2D eigenvalue weighted by Crippen LogP contribution is -2.56. The van der Waals surface area contributed by atoms with Gasteiger partial charge >= 0.3 is 0 Å². The van der Waals surface area contributed by atoms with Crippen LogP contribution >= 0.6 is 23.2 Å². The molecule has 0 saturated heterocycles. The third-order valence-corrected chi connectivity index (χ3v) is 9.77. The van der Waals surface area contributed by atoms with E-state index >= 15 is 0 Å². The Morgan fingerprint density at radius 2 is 1.48 bits per heavy atom. The maximum absolute atomic E-state index is 14.6. The van der Waals surface area contributed by atoms with E-state index in [9.17, 15) is 22.4 Å². The number of halogens is 3. The summed E-state index contributed by atoms with van der Waals surface area (Å²) >= 11 is 13.1. The maximum atomic E-state index is 14.6. The van der Waals surface area contributed by atoms with E-state index in [1.54, 1.807) is 25.1 Å². The Bertz CT molecular complexity index is 1800. The van der Waals surface area contributed by atoms with E-state index in [-0.39, 0.29) is 33.6 Å². The van der Waals surface area contributed by atoms with Crippen LogP contribution in [0.15, 0.2) is 102 Å². The first-order chi connectivity index (χ1) is 22.7. The zero-order chi connectivity index (χ0) is 35.1. The highest BCUT2D eigenvalue weighted by molar-refractivity contribution is 7.92. The molecule has 0 aromatic heterocycles. The van der Waals surface area contributed by atoms with E-state index < -0.39 is 45.8 Å². The number of nitrogens with zero attached hydrogens (tertiary/aromatic N) is 2. The number of ether oxygens (including phenoxy) is 1. The smallest absolute Gasteiger partial charge is 0.264 e. The van der Waals surface area contributed by atoms with Crippen LogP contribution in [-0.4, -0.2) is 49.9 Å². The Balaban J connectivity index is 1.84. The van der Waals surface area contributed by atoms with Crippen LogP contribution < -0.4 is 14.4 Å². The molecular weight excluding hydrogens is 676 g/mol. The molecule has 48 heavy (non-hydrogen) atoms. The molecular formula is C36H38Cl2FN3O5S. The highest BCUT2D eigenvalue weighted by Crippen LogP contribution is 2.30. The Morgan fingerprint density at radius 1 is 0.875 bits per heavy atom. The minimum Gasteiger partial charge on any atom is -0.494 e. The second kappa shape index (κ2) is 15.9. The van der Waals surface area contributed by atoms with Gasteiger partial charge in [0.2, 0.25) is 11.8 Å². The van der Waals surface area contributed by atoms with Crippen molar-refractivity contribution in [2.75, 3.05) is 17.5 Å². The first kappa shape index (κ1) is 36.7. The molecule has 0 aliphatic rings. The zero-order valence-corrected chi connectivity index (χ0v) is 29.4. The lowest BCUT2D eigenvalue weighted by atomic mass is 10.0. The molecule has 0 unspecified atom stereocenters. The van der Waals surface area contributed by atoms with E-state index in [1.807, 2.05) is 51.1 Å². The van der Waals surface area contributed by atoms with Crippen molar-refractivity contribution in [1.29, 1.82) is 0 Å². The summed E-state index contributed by atoms with van der Waals surface area (Å²) in [7, 11) is -4.39. The van der Waals surface area contributed by atoms with Crippen molar-refractivity contribution in [3.05, 3.63) is 124 Å². The Hall–Kier alpha value is -4.12. The molecule has 0 aliphatic carbocycles. The normalized spacial score (nSPS) is 12.2. The average Bonchev–Trinajstić information content (AvgIpc) is 3.03. The summed E-state index contributed by atoms with van der Waals surface area (Å²) < 4.78 is 48.8. The molecule has 4 rings (SSSR count). The van der Waals surface area contributed by atoms with Gasteiger partial charge in [-0.05, 0) is 93.9 Å². The van der Waals surface area contributed by atoms with Gasteiger partial charge in [0, 0.05) is 34.1 Å². The molecule has 4 aromatic rings. The molecule has 254 valence electrons. The van der Waals surface area contributed by atoms with E-state index in [0.29, 0.717) is 17.9 Å². The van der Waals surface area contributed by atoms with Crippen molar-refractivity contribution in [3.63, 3.8) is 0 Å². The Kier molecular flexibility index (Phi) is 12.1. The maximum Gasteiger partial charge on any atom is 0.264 e. The van der Waals surface area contributed by atoms with Crippen LogP contribution in [0.1, 0.15) is 38.8 Å². The largest absolute Gasteiger partial charge is 0.494 e. The molecule has 0 spiro atoms. The highest BCUT2D eigenvalue weighted by Gasteiger charge is 2.36. The molecule has 1 atom stereocenters. The fourth-order valence-electron chi connectivity index (χ4n) is 5.00. The monoisotopic (exact) mass is 713 g/mol. The van der Waals surface area contributed by atoms with Crippen molar-refractivity contribution in [2.45, 2.75) is 57.1 Å². The molecule has 0 bridgehead atoms. The third-order valence-electron chi connectivity index (χ3n) is 7.28. The highest BCUT2D eigenvalue weighted by atomic mass is 35.5. The number of benzene rings is 4. The van der Waals surface area contributed by atoms with Crippen LogP contribution in [0.5, 0.6) is 5.75 Å². The standard InChI is InChI=1S/C36H38Cl2FN3O5S/c1-5-47-28-18-20-29(21-19-28)48(45,46)42(27-16-14-26(39)15-17-27)24-34(43)41(23-30-31(37)12-9-13-32(30)38)33(35(44)40-36(2,3)4)22-25-10-7-6-8-11-25/h6-21,33H,5,22-24H2,1-4H3,(H,40,44)/t33-/m1/s1. The lowest BCUT2D eigenvalue weighted by molar-refractivity contribution is -0.140. The van der Waals surface area contributed by atoms with Crippen molar-refractivity contribution < 1.29 is 27.1 Å². The average molecular weight is 715 g/mol. The molecule has 0 aliphatic heterocycles. The number of hydrogen-bond donors (Lipinski definition) is 1. The van der Waals surface area contributed by atoms with Crippen LogP contribution in [0.25, 0.3) is 0 Å². The first-order valence-electron chi connectivity index (χ1n) is 15.3. The van der Waals surface area contributed by atoms with Gasteiger partial charge in [0.15, 0.2) is 0 Å². The van der Waals surface area contributed by atoms with Crippen LogP contribution in [0.2, 0.25) is 10.0 Å². The van der Waals surface area contributed by atoms with Gasteiger partial charge in [-0.2, -0.15) is 0 Å². The molecule has 2 amide bonds. The van der Waals surface area contributed by atoms with Crippen molar-refractivity contribution in [3.8, 4) is 5.75 Å². The number of nitrogens with one attached hydrogen (secondary N) is 1. The fourth-order valence-corrected chi connectivity index (χ4v) is 6.93. The third kappa shape index (κ3) is 9.49. The van der Waals surface area contributed by atoms with E-state index in [4.69, 9.17) is 27.9 Å². The number of carbonyl (C=O) groups excluding carboxylic acids is 2. The molecule has 0 fully saturated rings. The van der Waals surface area contributed by atoms with Crippen molar-refractivity contribution >= 4 is 50.7 Å². The van der Waals surface area contributed by atoms with E-state index in [0.717, 1.165) is 22.0 Å². The molecule has 4 aromatic carbocycles. The SMILES string of the molecule is CCOc1ccc(S(=O)(=O)N(CC(=O)N(Cc2c(Cl)cccc2Cl)[C@H](Cc2ccccc2)C(=O)NC(C)(C)C)c2ccc(F)cc2)cc1. The summed E-state index contributed by atoms with van der Waals surface area (Å²) in [6, 6.07) is 23.5. The second-order valence-corrected chi connectivity index (χ2v) is 14.7. The number of carbonyl (C=O) groups is 2. The molecule has 0 heterocycles. The predicted molar refractivity (Wildman–Crippen MR) is 187 cm³/mol. The molecule has 1 N–H and O–H groups in total. The molecule has 0 radical (unpaired) electrons. The number of rotatable bonds is 13. The van der Waals surface area contributed by atoms with Crippen LogP contribution in [0.4, 0.5) is 10.1 Å². The van der Waals surface area contributed by atoms with Gasteiger partial charge in [-0.15, -0.1) is 0 Å². The molecule has 8 nitrogen and oxygen atoms in total. The summed E-state index contributed by atoms with van der Waals surface area (Å²) in [6.07, 6.45) is 0.110. The topological polar surface area (TPSA) is 96.0 Å². The number of hydrogen-bond acceptors (Lipinski definition) is 5. The minimum atomic E-state index is -4.39. The van der Waals surface area contributed by atoms with Gasteiger partial charge in [-0.1, -0.05) is 59.6 Å². The fraction of sp³-hybridized carbons (Fsp3) is 0.278. The zero-order valence-electron chi connectivity index (χ0n) is 27.1. The van der Waals surface area contributed by atoms with Gasteiger partial charge in [0.25, 0.3) is 10.0 Å². The quantitative estimate of drug-likeness (QED) is 0.157. The van der Waals surface area contributed by atoms with Gasteiger partial charge < -0.3 is 15.0 Å². The lowest BCUT2D eigenvalue weighted by Gasteiger charge is -2.35. The van der Waals surface area contributed by atoms with E-state index in [2.05, 4.69) is 5.32 Å². The summed E-state index contributed by atoms with van der Waals surface area (Å²) in [5.74, 6) is -1.28. The predicted octanol–water partition coefficient (Wildman–Crippen LogP) is 7.28. The van der Waals surface area contributed by atoms with Gasteiger partial charge in [0.1, 0.15) is 24.2 Å². The summed E-state index contributed by atoms with van der Waals surface area (Å²) in [4.78, 5) is 29.8. The van der Waals surface area contributed by atoms with Crippen molar-refractivity contribution in [1.82, 2.24) is 10.2 Å². The summed E-state index contributed by atoms with van der Waals surface area (Å²) in [5, 5.41) is 3.51. The Morgan fingerprint density at radius 3 is 2.04 bits per heavy atom. The number of amides is 2. The summed E-state index contributed by atoms with van der Waals surface area (Å²) in [5.41, 5.74) is 0.554. The second-order valence-electron chi connectivity index (χ2n) is 12.1. The van der Waals surface area contributed by atoms with Crippen LogP contribution in [0, 0.1) is 5.82 Å². The molecule has 12 heteroatoms. The van der Waals surface area contributed by atoms with Gasteiger partial charge in [-0.3, -0.25) is 13.9 Å². The van der Waals surface area contributed by atoms with Crippen molar-refractivity contribution in [2.24, 2.45) is 0 Å².